The maximum Gasteiger partial charge on any atom is 0.234 e. The molecule has 0 unspecified atom stereocenters. The Kier molecular flexibility index (Phi) is 7.30. The molecule has 4 nitrogen and oxygen atoms in total. The lowest BCUT2D eigenvalue weighted by molar-refractivity contribution is -0.122. The second-order valence-electron chi connectivity index (χ2n) is 6.59. The second-order valence-corrected chi connectivity index (χ2v) is 6.59. The van der Waals surface area contributed by atoms with Crippen molar-refractivity contribution >= 4 is 12.0 Å². The molecular weight excluding hydrogens is 286 g/mol. The fourth-order valence-corrected chi connectivity index (χ4v) is 2.61. The smallest absolute Gasteiger partial charge is 0.234 e. The molecule has 2 rings (SSSR count). The van der Waals surface area contributed by atoms with Crippen LogP contribution in [-0.4, -0.2) is 61.5 Å². The van der Waals surface area contributed by atoms with Crippen molar-refractivity contribution in [2.24, 2.45) is 5.92 Å². The van der Waals surface area contributed by atoms with E-state index in [9.17, 15) is 4.79 Å². The molecule has 1 aromatic rings. The molecule has 126 valence electrons. The zero-order chi connectivity index (χ0) is 16.5. The van der Waals surface area contributed by atoms with Crippen molar-refractivity contribution < 1.29 is 4.79 Å². The topological polar surface area (TPSA) is 35.6 Å². The number of rotatable bonds is 7. The molecule has 1 aliphatic heterocycles. The van der Waals surface area contributed by atoms with E-state index in [1.807, 2.05) is 6.07 Å². The van der Waals surface area contributed by atoms with Gasteiger partial charge >= 0.3 is 0 Å². The van der Waals surface area contributed by atoms with Gasteiger partial charge in [-0.1, -0.05) is 56.3 Å². The van der Waals surface area contributed by atoms with Crippen LogP contribution in [0.15, 0.2) is 36.4 Å². The molecule has 0 aromatic heterocycles. The fraction of sp³-hybridized carbons (Fsp3) is 0.526. The fourth-order valence-electron chi connectivity index (χ4n) is 2.61. The molecule has 0 atom stereocenters. The van der Waals surface area contributed by atoms with E-state index in [0.29, 0.717) is 12.5 Å². The van der Waals surface area contributed by atoms with Gasteiger partial charge in [-0.25, -0.2) is 0 Å². The Morgan fingerprint density at radius 1 is 1.13 bits per heavy atom. The van der Waals surface area contributed by atoms with E-state index in [0.717, 1.165) is 39.3 Å². The predicted molar refractivity (Wildman–Crippen MR) is 96.2 cm³/mol. The van der Waals surface area contributed by atoms with Gasteiger partial charge in [0.15, 0.2) is 0 Å². The third-order valence-electron chi connectivity index (χ3n) is 4.01. The molecule has 0 radical (unpaired) electrons. The van der Waals surface area contributed by atoms with Crippen molar-refractivity contribution in [3.63, 3.8) is 0 Å². The largest absolute Gasteiger partial charge is 0.355 e. The van der Waals surface area contributed by atoms with Crippen LogP contribution in [0.2, 0.25) is 0 Å². The first-order chi connectivity index (χ1) is 11.1. The van der Waals surface area contributed by atoms with E-state index in [4.69, 9.17) is 0 Å². The van der Waals surface area contributed by atoms with Crippen LogP contribution in [0.25, 0.3) is 6.08 Å². The first-order valence-electron chi connectivity index (χ1n) is 8.56. The van der Waals surface area contributed by atoms with Gasteiger partial charge in [-0.2, -0.15) is 0 Å². The molecule has 0 saturated carbocycles. The van der Waals surface area contributed by atoms with Gasteiger partial charge < -0.3 is 5.32 Å². The first kappa shape index (κ1) is 17.7. The van der Waals surface area contributed by atoms with Crippen LogP contribution in [0, 0.1) is 5.92 Å². The van der Waals surface area contributed by atoms with Crippen LogP contribution < -0.4 is 5.32 Å². The van der Waals surface area contributed by atoms with E-state index in [-0.39, 0.29) is 5.91 Å². The Bertz CT molecular complexity index is 491. The lowest BCUT2D eigenvalue weighted by Crippen LogP contribution is -2.49. The quantitative estimate of drug-likeness (QED) is 0.837. The molecule has 1 heterocycles. The normalized spacial score (nSPS) is 17.0. The zero-order valence-corrected chi connectivity index (χ0v) is 14.4. The van der Waals surface area contributed by atoms with E-state index >= 15 is 0 Å². The van der Waals surface area contributed by atoms with Gasteiger partial charge in [-0.15, -0.1) is 0 Å². The van der Waals surface area contributed by atoms with Gasteiger partial charge in [0.2, 0.25) is 5.91 Å². The molecule has 1 amide bonds. The van der Waals surface area contributed by atoms with Gasteiger partial charge in [0, 0.05) is 39.3 Å². The molecule has 23 heavy (non-hydrogen) atoms. The van der Waals surface area contributed by atoms with E-state index in [1.54, 1.807) is 0 Å². The summed E-state index contributed by atoms with van der Waals surface area (Å²) < 4.78 is 0. The summed E-state index contributed by atoms with van der Waals surface area (Å²) in [7, 11) is 0. The minimum Gasteiger partial charge on any atom is -0.355 e. The van der Waals surface area contributed by atoms with Crippen molar-refractivity contribution in [1.29, 1.82) is 0 Å². The number of piperazine rings is 1. The van der Waals surface area contributed by atoms with Crippen LogP contribution in [0.3, 0.4) is 0 Å². The van der Waals surface area contributed by atoms with Gasteiger partial charge in [0.1, 0.15) is 0 Å². The molecule has 1 fully saturated rings. The van der Waals surface area contributed by atoms with Crippen molar-refractivity contribution in [3.05, 3.63) is 42.0 Å². The standard InChI is InChI=1S/C19H29N3O/c1-17(2)15-20-19(23)16-22-13-11-21(12-14-22)10-6-9-18-7-4-3-5-8-18/h3-9,17H,10-16H2,1-2H3,(H,20,23)/b9-6+. The van der Waals surface area contributed by atoms with Gasteiger partial charge in [0.05, 0.1) is 6.54 Å². The Labute approximate surface area is 140 Å². The van der Waals surface area contributed by atoms with Crippen LogP contribution >= 0.6 is 0 Å². The van der Waals surface area contributed by atoms with Crippen molar-refractivity contribution in [3.8, 4) is 0 Å². The highest BCUT2D eigenvalue weighted by atomic mass is 16.2. The minimum absolute atomic E-state index is 0.149. The number of carbonyl (C=O) groups excluding carboxylic acids is 1. The highest BCUT2D eigenvalue weighted by Crippen LogP contribution is 2.04. The van der Waals surface area contributed by atoms with Crippen LogP contribution in [0.1, 0.15) is 19.4 Å². The molecular formula is C19H29N3O. The summed E-state index contributed by atoms with van der Waals surface area (Å²) in [5.41, 5.74) is 1.24. The van der Waals surface area contributed by atoms with Crippen LogP contribution in [0.4, 0.5) is 0 Å². The predicted octanol–water partition coefficient (Wildman–Crippen LogP) is 2.09. The summed E-state index contributed by atoms with van der Waals surface area (Å²) in [5.74, 6) is 0.656. The maximum atomic E-state index is 11.8. The molecule has 4 heteroatoms. The van der Waals surface area contributed by atoms with Crippen molar-refractivity contribution in [1.82, 2.24) is 15.1 Å². The minimum atomic E-state index is 0.149. The summed E-state index contributed by atoms with van der Waals surface area (Å²) in [6.45, 7) is 10.5. The van der Waals surface area contributed by atoms with Gasteiger partial charge in [-0.3, -0.25) is 14.6 Å². The Hall–Kier alpha value is -1.65. The summed E-state index contributed by atoms with van der Waals surface area (Å²) in [4.78, 5) is 16.5. The molecule has 0 bridgehead atoms. The van der Waals surface area contributed by atoms with E-state index in [1.165, 1.54) is 5.56 Å². The number of nitrogens with zero attached hydrogens (tertiary/aromatic N) is 2. The van der Waals surface area contributed by atoms with E-state index < -0.39 is 0 Å². The maximum absolute atomic E-state index is 11.8. The van der Waals surface area contributed by atoms with Crippen LogP contribution in [0.5, 0.6) is 0 Å². The number of carbonyl (C=O) groups is 1. The monoisotopic (exact) mass is 315 g/mol. The highest BCUT2D eigenvalue weighted by molar-refractivity contribution is 5.78. The first-order valence-corrected chi connectivity index (χ1v) is 8.56. The zero-order valence-electron chi connectivity index (χ0n) is 14.4. The number of hydrogen-bond acceptors (Lipinski definition) is 3. The second kappa shape index (κ2) is 9.48. The third-order valence-corrected chi connectivity index (χ3v) is 4.01. The third kappa shape index (κ3) is 6.97. The molecule has 0 aliphatic carbocycles. The Morgan fingerprint density at radius 3 is 2.43 bits per heavy atom. The molecule has 1 N–H and O–H groups in total. The van der Waals surface area contributed by atoms with E-state index in [2.05, 4.69) is 65.4 Å². The lowest BCUT2D eigenvalue weighted by atomic mass is 10.2. The average molecular weight is 315 g/mol. The summed E-state index contributed by atoms with van der Waals surface area (Å²) >= 11 is 0. The number of benzene rings is 1. The Balaban J connectivity index is 1.64. The highest BCUT2D eigenvalue weighted by Gasteiger charge is 2.17. The molecule has 1 aromatic carbocycles. The average Bonchev–Trinajstić information content (AvgIpc) is 2.56. The lowest BCUT2D eigenvalue weighted by Gasteiger charge is -2.33. The van der Waals surface area contributed by atoms with Gasteiger partial charge in [0.25, 0.3) is 0 Å². The molecule has 1 aliphatic rings. The van der Waals surface area contributed by atoms with Crippen LogP contribution in [-0.2, 0) is 4.79 Å². The number of nitrogens with one attached hydrogen (secondary N) is 1. The van der Waals surface area contributed by atoms with Crippen molar-refractivity contribution in [2.45, 2.75) is 13.8 Å². The number of hydrogen-bond donors (Lipinski definition) is 1. The van der Waals surface area contributed by atoms with Crippen molar-refractivity contribution in [2.75, 3.05) is 45.8 Å². The summed E-state index contributed by atoms with van der Waals surface area (Å²) in [6.07, 6.45) is 4.39. The Morgan fingerprint density at radius 2 is 1.78 bits per heavy atom. The molecule has 1 saturated heterocycles. The summed E-state index contributed by atoms with van der Waals surface area (Å²) in [6, 6.07) is 10.4. The van der Waals surface area contributed by atoms with Gasteiger partial charge in [-0.05, 0) is 11.5 Å². The summed E-state index contributed by atoms with van der Waals surface area (Å²) in [5, 5.41) is 2.99. The molecule has 0 spiro atoms. The number of amides is 1. The SMILES string of the molecule is CC(C)CNC(=O)CN1CCN(C/C=C/c2ccccc2)CC1.